The number of nitrogens with one attached hydrogen (secondary N) is 2. The number of halogens is 1. The fraction of sp³-hybridized carbons (Fsp3) is 0.800. The first-order chi connectivity index (χ1) is 11.6. The van der Waals surface area contributed by atoms with Crippen LogP contribution in [0, 0.1) is 6.92 Å². The smallest absolute Gasteiger partial charge is 0.314 e. The maximum Gasteiger partial charge on any atom is 0.314 e. The normalized spacial score (nSPS) is 27.5. The highest BCUT2D eigenvalue weighted by molar-refractivity contribution is 5.73. The van der Waals surface area contributed by atoms with Crippen LogP contribution in [0.4, 0.5) is 9.18 Å². The molecule has 1 unspecified atom stereocenters. The van der Waals surface area contributed by atoms with Crippen LogP contribution >= 0.6 is 0 Å². The minimum absolute atomic E-state index is 0.0766. The molecular formula is C15H24FN5O3. The van der Waals surface area contributed by atoms with Gasteiger partial charge >= 0.3 is 6.03 Å². The summed E-state index contributed by atoms with van der Waals surface area (Å²) in [5.41, 5.74) is 0. The number of carbonyl (C=O) groups is 1. The third kappa shape index (κ3) is 4.64. The Bertz CT molecular complexity index is 549. The van der Waals surface area contributed by atoms with Gasteiger partial charge in [-0.3, -0.25) is 4.90 Å². The summed E-state index contributed by atoms with van der Waals surface area (Å²) in [5, 5.41) is 9.46. The Morgan fingerprint density at radius 3 is 2.96 bits per heavy atom. The minimum atomic E-state index is -0.903. The van der Waals surface area contributed by atoms with Crippen molar-refractivity contribution in [2.75, 3.05) is 26.2 Å². The van der Waals surface area contributed by atoms with E-state index in [0.717, 1.165) is 19.4 Å². The lowest BCUT2D eigenvalue weighted by Gasteiger charge is -2.23. The second-order valence-corrected chi connectivity index (χ2v) is 6.37. The molecule has 2 amide bonds. The van der Waals surface area contributed by atoms with E-state index in [1.807, 2.05) is 4.90 Å². The molecule has 8 nitrogen and oxygen atoms in total. The summed E-state index contributed by atoms with van der Waals surface area (Å²) in [5.74, 6) is 1.03. The Kier molecular flexibility index (Phi) is 5.62. The summed E-state index contributed by atoms with van der Waals surface area (Å²) in [4.78, 5) is 18.0. The number of aromatic nitrogens is 2. The van der Waals surface area contributed by atoms with Crippen LogP contribution in [0.2, 0.25) is 0 Å². The van der Waals surface area contributed by atoms with Gasteiger partial charge in [-0.1, -0.05) is 5.16 Å². The van der Waals surface area contributed by atoms with E-state index in [-0.39, 0.29) is 18.2 Å². The van der Waals surface area contributed by atoms with E-state index >= 15 is 0 Å². The Hall–Kier alpha value is -1.74. The van der Waals surface area contributed by atoms with Crippen molar-refractivity contribution >= 4 is 6.03 Å². The van der Waals surface area contributed by atoms with Crippen molar-refractivity contribution < 1.29 is 18.4 Å². The molecule has 134 valence electrons. The molecule has 0 radical (unpaired) electrons. The summed E-state index contributed by atoms with van der Waals surface area (Å²) in [6, 6.07) is -0.324. The lowest BCUT2D eigenvalue weighted by Crippen LogP contribution is -2.45. The van der Waals surface area contributed by atoms with Gasteiger partial charge in [0.1, 0.15) is 6.17 Å². The predicted octanol–water partition coefficient (Wildman–Crippen LogP) is 0.769. The molecule has 9 heteroatoms. The highest BCUT2D eigenvalue weighted by Crippen LogP contribution is 2.21. The molecule has 1 aromatic rings. The second kappa shape index (κ2) is 7.89. The predicted molar refractivity (Wildman–Crippen MR) is 83.1 cm³/mol. The summed E-state index contributed by atoms with van der Waals surface area (Å²) in [6.45, 7) is 4.11. The molecule has 2 fully saturated rings. The third-order valence-corrected chi connectivity index (χ3v) is 4.40. The van der Waals surface area contributed by atoms with Crippen LogP contribution in [0.3, 0.4) is 0 Å². The van der Waals surface area contributed by atoms with Gasteiger partial charge in [-0.2, -0.15) is 4.98 Å². The highest BCUT2D eigenvalue weighted by atomic mass is 19.1. The molecule has 0 aromatic carbocycles. The maximum atomic E-state index is 13.8. The third-order valence-electron chi connectivity index (χ3n) is 4.40. The van der Waals surface area contributed by atoms with Crippen molar-refractivity contribution in [1.29, 1.82) is 0 Å². The van der Waals surface area contributed by atoms with Crippen LogP contribution in [-0.2, 0) is 11.3 Å². The molecule has 3 rings (SSSR count). The van der Waals surface area contributed by atoms with Crippen molar-refractivity contribution in [3.8, 4) is 0 Å². The molecule has 0 aliphatic carbocycles. The van der Waals surface area contributed by atoms with Crippen LogP contribution in [0.25, 0.3) is 0 Å². The quantitative estimate of drug-likeness (QED) is 0.794. The number of aryl methyl sites for hydroxylation is 1. The highest BCUT2D eigenvalue weighted by Gasteiger charge is 2.33. The van der Waals surface area contributed by atoms with Crippen molar-refractivity contribution in [1.82, 2.24) is 25.7 Å². The van der Waals surface area contributed by atoms with Crippen molar-refractivity contribution in [2.24, 2.45) is 0 Å². The van der Waals surface area contributed by atoms with Crippen LogP contribution in [0.15, 0.2) is 4.52 Å². The maximum absolute atomic E-state index is 13.8. The average molecular weight is 341 g/mol. The molecule has 2 saturated heterocycles. The van der Waals surface area contributed by atoms with Crippen molar-refractivity contribution in [3.05, 3.63) is 11.7 Å². The fourth-order valence-corrected chi connectivity index (χ4v) is 3.20. The van der Waals surface area contributed by atoms with Crippen molar-refractivity contribution in [3.63, 3.8) is 0 Å². The molecule has 2 aliphatic heterocycles. The van der Waals surface area contributed by atoms with Gasteiger partial charge in [-0.05, 0) is 19.3 Å². The fourth-order valence-electron chi connectivity index (χ4n) is 3.20. The van der Waals surface area contributed by atoms with E-state index < -0.39 is 6.17 Å². The molecule has 0 saturated carbocycles. The van der Waals surface area contributed by atoms with Gasteiger partial charge in [0.25, 0.3) is 0 Å². The second-order valence-electron chi connectivity index (χ2n) is 6.37. The molecule has 2 aliphatic rings. The van der Waals surface area contributed by atoms with Crippen LogP contribution in [-0.4, -0.2) is 65.6 Å². The van der Waals surface area contributed by atoms with E-state index in [1.165, 1.54) is 0 Å². The minimum Gasteiger partial charge on any atom is -0.376 e. The largest absolute Gasteiger partial charge is 0.376 e. The number of urea groups is 1. The molecule has 0 bridgehead atoms. The van der Waals surface area contributed by atoms with Crippen LogP contribution in [0.1, 0.15) is 31.0 Å². The summed E-state index contributed by atoms with van der Waals surface area (Å²) >= 11 is 0. The number of ether oxygens (including phenoxy) is 1. The van der Waals surface area contributed by atoms with Gasteiger partial charge in [0.15, 0.2) is 5.82 Å². The zero-order valence-electron chi connectivity index (χ0n) is 13.8. The summed E-state index contributed by atoms with van der Waals surface area (Å²) in [7, 11) is 0. The van der Waals surface area contributed by atoms with Gasteiger partial charge in [0.2, 0.25) is 5.89 Å². The molecule has 1 aromatic heterocycles. The topological polar surface area (TPSA) is 92.5 Å². The number of hydrogen-bond donors (Lipinski definition) is 2. The first-order valence-corrected chi connectivity index (χ1v) is 8.41. The van der Waals surface area contributed by atoms with Crippen LogP contribution in [0.5, 0.6) is 0 Å². The molecule has 24 heavy (non-hydrogen) atoms. The summed E-state index contributed by atoms with van der Waals surface area (Å²) < 4.78 is 24.2. The molecule has 2 N–H and O–H groups in total. The SMILES string of the molecule is Cc1nc(CN2C[C@@H](F)C[C@H]2CNC(=O)NCC2CCCO2)no1. The van der Waals surface area contributed by atoms with E-state index in [2.05, 4.69) is 20.8 Å². The Morgan fingerprint density at radius 2 is 2.25 bits per heavy atom. The number of rotatable bonds is 6. The van der Waals surface area contributed by atoms with E-state index in [9.17, 15) is 9.18 Å². The zero-order valence-corrected chi connectivity index (χ0v) is 13.8. The molecule has 3 atom stereocenters. The first kappa shape index (κ1) is 17.1. The number of nitrogens with zero attached hydrogens (tertiary/aromatic N) is 3. The first-order valence-electron chi connectivity index (χ1n) is 8.41. The summed E-state index contributed by atoms with van der Waals surface area (Å²) in [6.07, 6.45) is 1.61. The van der Waals surface area contributed by atoms with E-state index in [4.69, 9.17) is 9.26 Å². The Labute approximate surface area is 140 Å². The van der Waals surface area contributed by atoms with Gasteiger partial charge < -0.3 is 19.9 Å². The number of amides is 2. The molecule has 0 spiro atoms. The monoisotopic (exact) mass is 341 g/mol. The van der Waals surface area contributed by atoms with Crippen LogP contribution < -0.4 is 10.6 Å². The Balaban J connectivity index is 1.42. The lowest BCUT2D eigenvalue weighted by atomic mass is 10.2. The molecular weight excluding hydrogens is 317 g/mol. The van der Waals surface area contributed by atoms with Crippen molar-refractivity contribution in [2.45, 2.75) is 51.0 Å². The average Bonchev–Trinajstić information content (AvgIpc) is 3.26. The number of likely N-dealkylation sites (tertiary alicyclic amines) is 1. The van der Waals surface area contributed by atoms with E-state index in [0.29, 0.717) is 44.3 Å². The number of alkyl halides is 1. The van der Waals surface area contributed by atoms with E-state index in [1.54, 1.807) is 6.92 Å². The van der Waals surface area contributed by atoms with Gasteiger partial charge in [-0.15, -0.1) is 0 Å². The lowest BCUT2D eigenvalue weighted by molar-refractivity contribution is 0.111. The van der Waals surface area contributed by atoms with Gasteiger partial charge in [-0.25, -0.2) is 9.18 Å². The van der Waals surface area contributed by atoms with Gasteiger partial charge in [0, 0.05) is 39.2 Å². The Morgan fingerprint density at radius 1 is 1.42 bits per heavy atom. The van der Waals surface area contributed by atoms with Gasteiger partial charge in [0.05, 0.1) is 12.6 Å². The number of carbonyl (C=O) groups excluding carboxylic acids is 1. The standard InChI is InChI=1S/C15H24FN5O3/c1-10-19-14(20-24-10)9-21-8-11(16)5-12(21)6-17-15(22)18-7-13-3-2-4-23-13/h11-13H,2-9H2,1H3,(H2,17,18,22)/t11-,12-,13?/m0/s1. The molecule has 3 heterocycles. The number of hydrogen-bond acceptors (Lipinski definition) is 6. The zero-order chi connectivity index (χ0) is 16.9.